The van der Waals surface area contributed by atoms with Crippen LogP contribution in [0.2, 0.25) is 0 Å². The minimum atomic E-state index is 0. The van der Waals surface area contributed by atoms with E-state index in [4.69, 9.17) is 10.1 Å². The third kappa shape index (κ3) is 4.76. The Labute approximate surface area is 134 Å². The normalized spacial score (nSPS) is 9.32. The SMILES string of the molecule is CSC(=N)Nc1ccccc1Oc1ccccc1.I. The smallest absolute Gasteiger partial charge is 0.158 e. The first-order chi connectivity index (χ1) is 8.79. The van der Waals surface area contributed by atoms with Gasteiger partial charge in [-0.05, 0) is 30.5 Å². The number of amidine groups is 1. The van der Waals surface area contributed by atoms with Crippen LogP contribution in [-0.2, 0) is 0 Å². The topological polar surface area (TPSA) is 45.1 Å². The van der Waals surface area contributed by atoms with E-state index in [2.05, 4.69) is 5.32 Å². The molecule has 0 aliphatic carbocycles. The van der Waals surface area contributed by atoms with Crippen LogP contribution < -0.4 is 10.1 Å². The van der Waals surface area contributed by atoms with Gasteiger partial charge in [-0.1, -0.05) is 42.1 Å². The van der Waals surface area contributed by atoms with Gasteiger partial charge in [-0.2, -0.15) is 0 Å². The number of nitrogens with one attached hydrogen (secondary N) is 2. The van der Waals surface area contributed by atoms with E-state index < -0.39 is 0 Å². The largest absolute Gasteiger partial charge is 0.455 e. The van der Waals surface area contributed by atoms with E-state index in [1.54, 1.807) is 0 Å². The molecule has 19 heavy (non-hydrogen) atoms. The predicted molar refractivity (Wildman–Crippen MR) is 93.2 cm³/mol. The monoisotopic (exact) mass is 386 g/mol. The molecule has 0 bridgehead atoms. The summed E-state index contributed by atoms with van der Waals surface area (Å²) in [7, 11) is 0. The summed E-state index contributed by atoms with van der Waals surface area (Å²) >= 11 is 1.35. The Morgan fingerprint density at radius 1 is 1.05 bits per heavy atom. The molecule has 5 heteroatoms. The summed E-state index contributed by atoms with van der Waals surface area (Å²) in [6.45, 7) is 0. The minimum Gasteiger partial charge on any atom is -0.455 e. The molecule has 0 fully saturated rings. The fourth-order valence-electron chi connectivity index (χ4n) is 1.45. The van der Waals surface area contributed by atoms with Gasteiger partial charge in [0.1, 0.15) is 5.75 Å². The molecule has 0 radical (unpaired) electrons. The van der Waals surface area contributed by atoms with Gasteiger partial charge in [-0.3, -0.25) is 5.41 Å². The van der Waals surface area contributed by atoms with Crippen LogP contribution in [0.5, 0.6) is 11.5 Å². The van der Waals surface area contributed by atoms with Crippen molar-refractivity contribution in [2.75, 3.05) is 11.6 Å². The lowest BCUT2D eigenvalue weighted by Crippen LogP contribution is -2.06. The molecule has 2 rings (SSSR count). The Morgan fingerprint density at radius 3 is 2.37 bits per heavy atom. The third-order valence-corrected chi connectivity index (χ3v) is 2.82. The van der Waals surface area contributed by atoms with Gasteiger partial charge in [0.25, 0.3) is 0 Å². The van der Waals surface area contributed by atoms with E-state index in [-0.39, 0.29) is 24.0 Å². The van der Waals surface area contributed by atoms with Crippen LogP contribution in [0.4, 0.5) is 5.69 Å². The average Bonchev–Trinajstić information content (AvgIpc) is 2.42. The molecular weight excluding hydrogens is 371 g/mol. The molecular formula is C14H15IN2OS. The van der Waals surface area contributed by atoms with Crippen molar-refractivity contribution >= 4 is 46.6 Å². The fourth-order valence-corrected chi connectivity index (χ4v) is 1.66. The summed E-state index contributed by atoms with van der Waals surface area (Å²) in [5, 5.41) is 11.0. The first-order valence-electron chi connectivity index (χ1n) is 5.51. The van der Waals surface area contributed by atoms with Crippen molar-refractivity contribution in [3.05, 3.63) is 54.6 Å². The molecule has 0 unspecified atom stereocenters. The maximum absolute atomic E-state index is 7.65. The third-order valence-electron chi connectivity index (χ3n) is 2.31. The fraction of sp³-hybridized carbons (Fsp3) is 0.0714. The molecule has 100 valence electrons. The molecule has 0 aliphatic rings. The van der Waals surface area contributed by atoms with E-state index in [9.17, 15) is 0 Å². The highest BCUT2D eigenvalue weighted by atomic mass is 127. The summed E-state index contributed by atoms with van der Waals surface area (Å²) < 4.78 is 5.79. The Hall–Kier alpha value is -1.21. The van der Waals surface area contributed by atoms with Gasteiger partial charge >= 0.3 is 0 Å². The molecule has 0 atom stereocenters. The molecule has 0 amide bonds. The minimum absolute atomic E-state index is 0. The standard InChI is InChI=1S/C14H14N2OS.HI/c1-18-14(15)16-12-9-5-6-10-13(12)17-11-7-3-2-4-8-11;/h2-10H,1H3,(H2,15,16);1H. The Kier molecular flexibility index (Phi) is 6.72. The predicted octanol–water partition coefficient (Wildman–Crippen LogP) is 4.81. The van der Waals surface area contributed by atoms with E-state index in [0.717, 1.165) is 11.4 Å². The molecule has 0 aliphatic heterocycles. The number of halogens is 1. The van der Waals surface area contributed by atoms with Crippen molar-refractivity contribution in [3.8, 4) is 11.5 Å². The lowest BCUT2D eigenvalue weighted by Gasteiger charge is -2.12. The highest BCUT2D eigenvalue weighted by Crippen LogP contribution is 2.29. The lowest BCUT2D eigenvalue weighted by atomic mass is 10.3. The molecule has 0 spiro atoms. The second kappa shape index (κ2) is 8.06. The number of ether oxygens (including phenoxy) is 1. The van der Waals surface area contributed by atoms with Gasteiger partial charge in [0.05, 0.1) is 5.69 Å². The first kappa shape index (κ1) is 15.8. The Balaban J connectivity index is 0.00000180. The van der Waals surface area contributed by atoms with Gasteiger partial charge in [-0.15, -0.1) is 24.0 Å². The van der Waals surface area contributed by atoms with Gasteiger partial charge in [0.15, 0.2) is 10.9 Å². The summed E-state index contributed by atoms with van der Waals surface area (Å²) in [5.41, 5.74) is 0.792. The zero-order valence-corrected chi connectivity index (χ0v) is 13.6. The molecule has 0 saturated carbocycles. The van der Waals surface area contributed by atoms with Crippen LogP contribution in [-0.4, -0.2) is 11.4 Å². The van der Waals surface area contributed by atoms with Crippen molar-refractivity contribution in [1.29, 1.82) is 5.41 Å². The van der Waals surface area contributed by atoms with Crippen LogP contribution in [0, 0.1) is 5.41 Å². The highest BCUT2D eigenvalue weighted by molar-refractivity contribution is 14.0. The van der Waals surface area contributed by atoms with Crippen LogP contribution >= 0.6 is 35.7 Å². The summed E-state index contributed by atoms with van der Waals surface area (Å²) in [4.78, 5) is 0. The van der Waals surface area contributed by atoms with E-state index in [1.807, 2.05) is 60.9 Å². The van der Waals surface area contributed by atoms with Crippen LogP contribution in [0.3, 0.4) is 0 Å². The number of hydrogen-bond acceptors (Lipinski definition) is 3. The van der Waals surface area contributed by atoms with E-state index in [0.29, 0.717) is 10.9 Å². The van der Waals surface area contributed by atoms with Crippen molar-refractivity contribution < 1.29 is 4.74 Å². The van der Waals surface area contributed by atoms with Crippen LogP contribution in [0.15, 0.2) is 54.6 Å². The van der Waals surface area contributed by atoms with Gasteiger partial charge < -0.3 is 10.1 Å². The quantitative estimate of drug-likeness (QED) is 0.452. The van der Waals surface area contributed by atoms with E-state index in [1.165, 1.54) is 11.8 Å². The highest BCUT2D eigenvalue weighted by Gasteiger charge is 2.05. The average molecular weight is 386 g/mol. The molecule has 0 saturated heterocycles. The first-order valence-corrected chi connectivity index (χ1v) is 6.73. The van der Waals surface area contributed by atoms with Gasteiger partial charge in [0, 0.05) is 0 Å². The molecule has 2 aromatic rings. The lowest BCUT2D eigenvalue weighted by molar-refractivity contribution is 0.485. The van der Waals surface area contributed by atoms with Crippen LogP contribution in [0.25, 0.3) is 0 Å². The number of hydrogen-bond donors (Lipinski definition) is 2. The molecule has 0 heterocycles. The van der Waals surface area contributed by atoms with Gasteiger partial charge in [0.2, 0.25) is 0 Å². The van der Waals surface area contributed by atoms with Gasteiger partial charge in [-0.25, -0.2) is 0 Å². The maximum atomic E-state index is 7.65. The number of thioether (sulfide) groups is 1. The molecule has 2 N–H and O–H groups in total. The molecule has 0 aromatic heterocycles. The van der Waals surface area contributed by atoms with Crippen molar-refractivity contribution in [2.45, 2.75) is 0 Å². The zero-order valence-electron chi connectivity index (χ0n) is 10.4. The molecule has 2 aromatic carbocycles. The zero-order chi connectivity index (χ0) is 12.8. The van der Waals surface area contributed by atoms with Crippen LogP contribution in [0.1, 0.15) is 0 Å². The summed E-state index contributed by atoms with van der Waals surface area (Å²) in [6.07, 6.45) is 1.86. The second-order valence-corrected chi connectivity index (χ2v) is 4.39. The number of anilines is 1. The van der Waals surface area contributed by atoms with Crippen molar-refractivity contribution in [3.63, 3.8) is 0 Å². The summed E-state index contributed by atoms with van der Waals surface area (Å²) in [6, 6.07) is 17.2. The molecule has 3 nitrogen and oxygen atoms in total. The number of para-hydroxylation sites is 3. The Bertz CT molecular complexity index is 534. The maximum Gasteiger partial charge on any atom is 0.158 e. The number of rotatable bonds is 3. The Morgan fingerprint density at radius 2 is 1.68 bits per heavy atom. The van der Waals surface area contributed by atoms with Crippen molar-refractivity contribution in [1.82, 2.24) is 0 Å². The second-order valence-electron chi connectivity index (χ2n) is 3.57. The number of benzene rings is 2. The van der Waals surface area contributed by atoms with E-state index >= 15 is 0 Å². The summed E-state index contributed by atoms with van der Waals surface area (Å²) in [5.74, 6) is 1.49. The van der Waals surface area contributed by atoms with Crippen molar-refractivity contribution in [2.24, 2.45) is 0 Å².